The SMILES string of the molecule is COc1[c]ccc(C2CC(C)Nc3ccc(OC)nc32)c1. The van der Waals surface area contributed by atoms with Crippen LogP contribution in [0.2, 0.25) is 0 Å². The molecule has 1 aromatic carbocycles. The molecule has 1 aromatic heterocycles. The van der Waals surface area contributed by atoms with Gasteiger partial charge in [0.2, 0.25) is 5.88 Å². The van der Waals surface area contributed by atoms with Crippen molar-refractivity contribution in [2.75, 3.05) is 19.5 Å². The molecule has 0 saturated carbocycles. The Morgan fingerprint density at radius 2 is 2.10 bits per heavy atom. The fraction of sp³-hybridized carbons (Fsp3) is 0.353. The predicted octanol–water partition coefficient (Wildman–Crippen LogP) is 3.23. The molecule has 0 bridgehead atoms. The molecule has 2 aromatic rings. The number of ether oxygens (including phenoxy) is 2. The Morgan fingerprint density at radius 1 is 1.24 bits per heavy atom. The largest absolute Gasteiger partial charge is 0.496 e. The van der Waals surface area contributed by atoms with Gasteiger partial charge < -0.3 is 14.8 Å². The average Bonchev–Trinajstić information content (AvgIpc) is 2.53. The number of nitrogens with one attached hydrogen (secondary N) is 1. The number of hydrogen-bond donors (Lipinski definition) is 1. The van der Waals surface area contributed by atoms with Crippen LogP contribution in [0.4, 0.5) is 5.69 Å². The van der Waals surface area contributed by atoms with Crippen molar-refractivity contribution in [2.45, 2.75) is 25.3 Å². The molecule has 2 unspecified atom stereocenters. The van der Waals surface area contributed by atoms with E-state index in [-0.39, 0.29) is 5.92 Å². The zero-order valence-electron chi connectivity index (χ0n) is 12.5. The Labute approximate surface area is 125 Å². The van der Waals surface area contributed by atoms with Crippen molar-refractivity contribution in [1.82, 2.24) is 4.98 Å². The van der Waals surface area contributed by atoms with Crippen molar-refractivity contribution in [3.63, 3.8) is 0 Å². The number of benzene rings is 1. The summed E-state index contributed by atoms with van der Waals surface area (Å²) in [7, 11) is 3.30. The van der Waals surface area contributed by atoms with Gasteiger partial charge in [-0.25, -0.2) is 4.98 Å². The number of pyridine rings is 1. The van der Waals surface area contributed by atoms with Crippen molar-refractivity contribution < 1.29 is 9.47 Å². The summed E-state index contributed by atoms with van der Waals surface area (Å²) in [5.41, 5.74) is 3.30. The van der Waals surface area contributed by atoms with E-state index in [1.165, 1.54) is 5.56 Å². The number of fused-ring (bicyclic) bond motifs is 1. The van der Waals surface area contributed by atoms with E-state index in [1.807, 2.05) is 24.3 Å². The monoisotopic (exact) mass is 283 g/mol. The molecule has 0 amide bonds. The van der Waals surface area contributed by atoms with Crippen LogP contribution in [0.1, 0.15) is 30.5 Å². The molecule has 21 heavy (non-hydrogen) atoms. The second kappa shape index (κ2) is 5.64. The van der Waals surface area contributed by atoms with Gasteiger partial charge in [0.1, 0.15) is 5.75 Å². The lowest BCUT2D eigenvalue weighted by molar-refractivity contribution is 0.394. The lowest BCUT2D eigenvalue weighted by Crippen LogP contribution is -2.26. The van der Waals surface area contributed by atoms with Crippen LogP contribution in [-0.4, -0.2) is 25.2 Å². The highest BCUT2D eigenvalue weighted by Gasteiger charge is 2.27. The highest BCUT2D eigenvalue weighted by Crippen LogP contribution is 2.39. The molecule has 1 aliphatic rings. The third-order valence-electron chi connectivity index (χ3n) is 3.85. The van der Waals surface area contributed by atoms with Crippen LogP contribution in [0.5, 0.6) is 11.6 Å². The smallest absolute Gasteiger partial charge is 0.213 e. The lowest BCUT2D eigenvalue weighted by Gasteiger charge is -2.31. The molecule has 0 aliphatic carbocycles. The van der Waals surface area contributed by atoms with E-state index in [2.05, 4.69) is 29.4 Å². The predicted molar refractivity (Wildman–Crippen MR) is 82.2 cm³/mol. The molecule has 3 rings (SSSR count). The van der Waals surface area contributed by atoms with Crippen molar-refractivity contribution in [1.29, 1.82) is 0 Å². The van der Waals surface area contributed by atoms with E-state index in [9.17, 15) is 0 Å². The van der Waals surface area contributed by atoms with E-state index >= 15 is 0 Å². The van der Waals surface area contributed by atoms with Gasteiger partial charge in [-0.3, -0.25) is 0 Å². The molecule has 2 atom stereocenters. The van der Waals surface area contributed by atoms with E-state index in [4.69, 9.17) is 9.47 Å². The van der Waals surface area contributed by atoms with E-state index in [0.717, 1.165) is 23.6 Å². The van der Waals surface area contributed by atoms with Gasteiger partial charge >= 0.3 is 0 Å². The first kappa shape index (κ1) is 13.7. The second-order valence-corrected chi connectivity index (χ2v) is 5.31. The third-order valence-corrected chi connectivity index (χ3v) is 3.85. The quantitative estimate of drug-likeness (QED) is 0.939. The fourth-order valence-electron chi connectivity index (χ4n) is 2.84. The number of nitrogens with zero attached hydrogens (tertiary/aromatic N) is 1. The first-order chi connectivity index (χ1) is 10.2. The van der Waals surface area contributed by atoms with Crippen LogP contribution in [0.25, 0.3) is 0 Å². The van der Waals surface area contributed by atoms with Crippen molar-refractivity contribution in [3.05, 3.63) is 47.7 Å². The summed E-state index contributed by atoms with van der Waals surface area (Å²) < 4.78 is 10.6. The first-order valence-corrected chi connectivity index (χ1v) is 7.08. The van der Waals surface area contributed by atoms with Gasteiger partial charge in [0.15, 0.2) is 0 Å². The molecule has 1 N–H and O–H groups in total. The van der Waals surface area contributed by atoms with E-state index in [0.29, 0.717) is 11.9 Å². The number of aromatic nitrogens is 1. The maximum absolute atomic E-state index is 5.29. The second-order valence-electron chi connectivity index (χ2n) is 5.31. The summed E-state index contributed by atoms with van der Waals surface area (Å²) in [6, 6.07) is 13.4. The molecule has 4 nitrogen and oxygen atoms in total. The Kier molecular flexibility index (Phi) is 3.69. The molecule has 0 spiro atoms. The van der Waals surface area contributed by atoms with Gasteiger partial charge in [0.25, 0.3) is 0 Å². The molecule has 1 radical (unpaired) electrons. The molecule has 4 heteroatoms. The van der Waals surface area contributed by atoms with Gasteiger partial charge in [-0.1, -0.05) is 12.1 Å². The summed E-state index contributed by atoms with van der Waals surface area (Å²) in [5.74, 6) is 1.63. The lowest BCUT2D eigenvalue weighted by atomic mass is 9.85. The fourth-order valence-corrected chi connectivity index (χ4v) is 2.84. The molecule has 2 heterocycles. The minimum Gasteiger partial charge on any atom is -0.496 e. The summed E-state index contributed by atoms with van der Waals surface area (Å²) in [6.07, 6.45) is 0.986. The normalized spacial score (nSPS) is 20.3. The Bertz CT molecular complexity index is 642. The highest BCUT2D eigenvalue weighted by atomic mass is 16.5. The molecular weight excluding hydrogens is 264 g/mol. The minimum atomic E-state index is 0.231. The summed E-state index contributed by atoms with van der Waals surface area (Å²) in [6.45, 7) is 2.19. The zero-order valence-corrected chi connectivity index (χ0v) is 12.5. The van der Waals surface area contributed by atoms with E-state index < -0.39 is 0 Å². The van der Waals surface area contributed by atoms with Crippen molar-refractivity contribution >= 4 is 5.69 Å². The van der Waals surface area contributed by atoms with Crippen molar-refractivity contribution in [3.8, 4) is 11.6 Å². The molecule has 0 fully saturated rings. The van der Waals surface area contributed by atoms with Crippen LogP contribution in [-0.2, 0) is 0 Å². The Hall–Kier alpha value is -2.23. The number of rotatable bonds is 3. The Morgan fingerprint density at radius 3 is 2.86 bits per heavy atom. The van der Waals surface area contributed by atoms with Crippen LogP contribution in [0.15, 0.2) is 30.3 Å². The highest BCUT2D eigenvalue weighted by molar-refractivity contribution is 5.56. The third kappa shape index (κ3) is 2.66. The van der Waals surface area contributed by atoms with Crippen LogP contribution < -0.4 is 14.8 Å². The number of methoxy groups -OCH3 is 2. The maximum atomic E-state index is 5.29. The van der Waals surface area contributed by atoms with Gasteiger partial charge in [-0.2, -0.15) is 0 Å². The molecule has 1 aliphatic heterocycles. The average molecular weight is 283 g/mol. The summed E-state index contributed by atoms with van der Waals surface area (Å²) in [4.78, 5) is 4.64. The Balaban J connectivity index is 2.06. The summed E-state index contributed by atoms with van der Waals surface area (Å²) >= 11 is 0. The molecule has 109 valence electrons. The number of hydrogen-bond acceptors (Lipinski definition) is 4. The molecular formula is C17H19N2O2. The van der Waals surface area contributed by atoms with Crippen LogP contribution >= 0.6 is 0 Å². The van der Waals surface area contributed by atoms with Crippen LogP contribution in [0.3, 0.4) is 0 Å². The first-order valence-electron chi connectivity index (χ1n) is 7.08. The number of anilines is 1. The van der Waals surface area contributed by atoms with Gasteiger partial charge in [-0.15, -0.1) is 0 Å². The van der Waals surface area contributed by atoms with E-state index in [1.54, 1.807) is 14.2 Å². The zero-order chi connectivity index (χ0) is 14.8. The van der Waals surface area contributed by atoms with Gasteiger partial charge in [0, 0.05) is 24.1 Å². The molecule has 0 saturated heterocycles. The standard InChI is InChI=1S/C17H19N2O2/c1-11-9-14(12-5-4-6-13(10-12)20-2)17-15(18-11)7-8-16(19-17)21-3/h4-5,7-8,10-11,14,18H,9H2,1-3H3. The minimum absolute atomic E-state index is 0.231. The van der Waals surface area contributed by atoms with Crippen LogP contribution in [0, 0.1) is 6.07 Å². The van der Waals surface area contributed by atoms with Gasteiger partial charge in [-0.05, 0) is 31.0 Å². The maximum Gasteiger partial charge on any atom is 0.213 e. The van der Waals surface area contributed by atoms with Gasteiger partial charge in [0.05, 0.1) is 25.6 Å². The van der Waals surface area contributed by atoms with Crippen molar-refractivity contribution in [2.24, 2.45) is 0 Å². The summed E-state index contributed by atoms with van der Waals surface area (Å²) in [5, 5.41) is 3.48. The topological polar surface area (TPSA) is 43.4 Å².